The van der Waals surface area contributed by atoms with Crippen LogP contribution in [-0.4, -0.2) is 49.4 Å². The van der Waals surface area contributed by atoms with Crippen LogP contribution in [0, 0.1) is 11.8 Å². The molecule has 0 radical (unpaired) electrons. The SMILES string of the molecule is CCCCC(CC)COC(=O)C(=C/C=C1\SCCN1C)C(=O)OCC(CC)CCCC. The number of esters is 2. The molecule has 6 heteroatoms. The summed E-state index contributed by atoms with van der Waals surface area (Å²) in [6, 6.07) is 0. The van der Waals surface area contributed by atoms with Crippen LogP contribution >= 0.6 is 11.8 Å². The number of unbranched alkanes of at least 4 members (excludes halogenated alkanes) is 2. The number of thioether (sulfide) groups is 1. The Labute approximate surface area is 194 Å². The molecule has 0 aromatic rings. The van der Waals surface area contributed by atoms with E-state index in [9.17, 15) is 9.59 Å². The summed E-state index contributed by atoms with van der Waals surface area (Å²) in [5, 5.41) is 1.04. The van der Waals surface area contributed by atoms with Crippen molar-refractivity contribution in [2.45, 2.75) is 79.1 Å². The van der Waals surface area contributed by atoms with Gasteiger partial charge < -0.3 is 14.4 Å². The largest absolute Gasteiger partial charge is 0.462 e. The summed E-state index contributed by atoms with van der Waals surface area (Å²) in [4.78, 5) is 27.7. The van der Waals surface area contributed by atoms with E-state index in [1.54, 1.807) is 17.8 Å². The Morgan fingerprint density at radius 1 is 0.968 bits per heavy atom. The Kier molecular flexibility index (Phi) is 14.5. The average molecular weight is 454 g/mol. The fourth-order valence-electron chi connectivity index (χ4n) is 3.40. The minimum atomic E-state index is -0.580. The summed E-state index contributed by atoms with van der Waals surface area (Å²) in [5.41, 5.74) is -0.0101. The molecule has 178 valence electrons. The normalized spacial score (nSPS) is 16.8. The third kappa shape index (κ3) is 10.6. The van der Waals surface area contributed by atoms with E-state index in [0.29, 0.717) is 25.0 Å². The molecule has 1 heterocycles. The van der Waals surface area contributed by atoms with E-state index in [1.807, 2.05) is 13.1 Å². The average Bonchev–Trinajstić information content (AvgIpc) is 3.18. The van der Waals surface area contributed by atoms with Crippen molar-refractivity contribution < 1.29 is 19.1 Å². The lowest BCUT2D eigenvalue weighted by molar-refractivity contribution is -0.148. The van der Waals surface area contributed by atoms with Gasteiger partial charge in [0.2, 0.25) is 0 Å². The lowest BCUT2D eigenvalue weighted by Crippen LogP contribution is -2.23. The van der Waals surface area contributed by atoms with Gasteiger partial charge in [0, 0.05) is 19.3 Å². The maximum Gasteiger partial charge on any atom is 0.345 e. The van der Waals surface area contributed by atoms with E-state index in [-0.39, 0.29) is 5.57 Å². The molecular formula is C25H43NO4S. The number of nitrogens with zero attached hydrogens (tertiary/aromatic N) is 1. The third-order valence-electron chi connectivity index (χ3n) is 5.87. The van der Waals surface area contributed by atoms with Crippen molar-refractivity contribution in [3.8, 4) is 0 Å². The van der Waals surface area contributed by atoms with Crippen LogP contribution in [0.2, 0.25) is 0 Å². The number of ether oxygens (including phenoxy) is 2. The highest BCUT2D eigenvalue weighted by atomic mass is 32.2. The second-order valence-electron chi connectivity index (χ2n) is 8.39. The number of hydrogen-bond donors (Lipinski definition) is 0. The fraction of sp³-hybridized carbons (Fsp3) is 0.760. The van der Waals surface area contributed by atoms with E-state index < -0.39 is 11.9 Å². The van der Waals surface area contributed by atoms with Crippen LogP contribution in [0.15, 0.2) is 22.8 Å². The highest BCUT2D eigenvalue weighted by molar-refractivity contribution is 8.03. The van der Waals surface area contributed by atoms with Gasteiger partial charge in [0.15, 0.2) is 0 Å². The van der Waals surface area contributed by atoms with Gasteiger partial charge in [-0.1, -0.05) is 66.2 Å². The van der Waals surface area contributed by atoms with Gasteiger partial charge in [-0.2, -0.15) is 0 Å². The van der Waals surface area contributed by atoms with Crippen LogP contribution < -0.4 is 0 Å². The highest BCUT2D eigenvalue weighted by Crippen LogP contribution is 2.26. The van der Waals surface area contributed by atoms with Gasteiger partial charge in [-0.25, -0.2) is 9.59 Å². The summed E-state index contributed by atoms with van der Waals surface area (Å²) < 4.78 is 11.1. The molecule has 2 unspecified atom stereocenters. The minimum Gasteiger partial charge on any atom is -0.462 e. The molecule has 1 fully saturated rings. The number of carbonyl (C=O) groups excluding carboxylic acids is 2. The zero-order chi connectivity index (χ0) is 23.1. The first kappa shape index (κ1) is 27.6. The molecule has 0 aromatic heterocycles. The van der Waals surface area contributed by atoms with Crippen LogP contribution in [0.5, 0.6) is 0 Å². The molecule has 0 saturated carbocycles. The van der Waals surface area contributed by atoms with Crippen molar-refractivity contribution in [1.29, 1.82) is 0 Å². The zero-order valence-electron chi connectivity index (χ0n) is 20.3. The lowest BCUT2D eigenvalue weighted by atomic mass is 10.0. The Hall–Kier alpha value is -1.43. The van der Waals surface area contributed by atoms with Crippen molar-refractivity contribution in [2.75, 3.05) is 32.6 Å². The maximum absolute atomic E-state index is 12.8. The Morgan fingerprint density at radius 2 is 1.48 bits per heavy atom. The molecule has 0 N–H and O–H groups in total. The Bertz CT molecular complexity index is 568. The molecule has 31 heavy (non-hydrogen) atoms. The number of carbonyl (C=O) groups is 2. The first-order valence-corrected chi connectivity index (χ1v) is 13.0. The molecule has 5 nitrogen and oxygen atoms in total. The lowest BCUT2D eigenvalue weighted by Gasteiger charge is -2.17. The molecule has 0 amide bonds. The van der Waals surface area contributed by atoms with Gasteiger partial charge in [-0.3, -0.25) is 0 Å². The van der Waals surface area contributed by atoms with E-state index >= 15 is 0 Å². The maximum atomic E-state index is 12.8. The molecule has 0 aromatic carbocycles. The van der Waals surface area contributed by atoms with Crippen LogP contribution in [0.1, 0.15) is 79.1 Å². The predicted molar refractivity (Wildman–Crippen MR) is 130 cm³/mol. The van der Waals surface area contributed by atoms with Gasteiger partial charge >= 0.3 is 11.9 Å². The van der Waals surface area contributed by atoms with E-state index in [0.717, 1.165) is 68.7 Å². The highest BCUT2D eigenvalue weighted by Gasteiger charge is 2.24. The molecule has 1 aliphatic rings. The molecule has 2 atom stereocenters. The molecular weight excluding hydrogens is 410 g/mol. The number of rotatable bonds is 15. The van der Waals surface area contributed by atoms with Crippen molar-refractivity contribution in [1.82, 2.24) is 4.90 Å². The second-order valence-corrected chi connectivity index (χ2v) is 9.50. The van der Waals surface area contributed by atoms with Crippen LogP contribution in [0.3, 0.4) is 0 Å². The zero-order valence-corrected chi connectivity index (χ0v) is 21.1. The number of hydrogen-bond acceptors (Lipinski definition) is 6. The summed E-state index contributed by atoms with van der Waals surface area (Å²) in [5.74, 6) is 0.503. The first-order valence-electron chi connectivity index (χ1n) is 12.1. The molecule has 0 bridgehead atoms. The molecule has 1 saturated heterocycles. The molecule has 1 aliphatic heterocycles. The smallest absolute Gasteiger partial charge is 0.345 e. The van der Waals surface area contributed by atoms with Crippen LogP contribution in [0.25, 0.3) is 0 Å². The Balaban J connectivity index is 2.84. The molecule has 0 spiro atoms. The third-order valence-corrected chi connectivity index (χ3v) is 7.00. The van der Waals surface area contributed by atoms with Crippen LogP contribution in [0.4, 0.5) is 0 Å². The van der Waals surface area contributed by atoms with E-state index in [1.165, 1.54) is 0 Å². The summed E-state index contributed by atoms with van der Waals surface area (Å²) in [6.45, 7) is 10.2. The van der Waals surface area contributed by atoms with Gasteiger partial charge in [0.1, 0.15) is 5.57 Å². The van der Waals surface area contributed by atoms with Crippen LogP contribution in [-0.2, 0) is 19.1 Å². The van der Waals surface area contributed by atoms with E-state index in [4.69, 9.17) is 9.47 Å². The predicted octanol–water partition coefficient (Wildman–Crippen LogP) is 5.95. The standard InChI is InChI=1S/C25H43NO4S/c1-6-10-12-20(8-3)18-29-24(27)22(14-15-23-26(5)16-17-31-23)25(28)30-19-21(9-4)13-11-7-2/h14-15,20-21H,6-13,16-19H2,1-5H3/b22-14?,23-15-. The van der Waals surface area contributed by atoms with Gasteiger partial charge in [-0.05, 0) is 36.8 Å². The van der Waals surface area contributed by atoms with Gasteiger partial charge in [0.05, 0.1) is 18.2 Å². The summed E-state index contributed by atoms with van der Waals surface area (Å²) in [6.07, 6.45) is 11.9. The van der Waals surface area contributed by atoms with Crippen molar-refractivity contribution in [2.24, 2.45) is 11.8 Å². The molecule has 1 rings (SSSR count). The second kappa shape index (κ2) is 16.2. The summed E-state index contributed by atoms with van der Waals surface area (Å²) >= 11 is 1.72. The Morgan fingerprint density at radius 3 is 1.87 bits per heavy atom. The van der Waals surface area contributed by atoms with Crippen molar-refractivity contribution in [3.05, 3.63) is 22.8 Å². The van der Waals surface area contributed by atoms with Gasteiger partial charge in [-0.15, -0.1) is 11.8 Å². The van der Waals surface area contributed by atoms with Crippen molar-refractivity contribution >= 4 is 23.7 Å². The topological polar surface area (TPSA) is 55.8 Å². The minimum absolute atomic E-state index is 0.0101. The van der Waals surface area contributed by atoms with Crippen molar-refractivity contribution in [3.63, 3.8) is 0 Å². The quantitative estimate of drug-likeness (QED) is 0.132. The first-order chi connectivity index (χ1) is 15.0. The fourth-order valence-corrected chi connectivity index (χ4v) is 4.45. The number of allylic oxidation sites excluding steroid dienone is 2. The summed E-state index contributed by atoms with van der Waals surface area (Å²) in [7, 11) is 2.01. The molecule has 0 aliphatic carbocycles. The van der Waals surface area contributed by atoms with E-state index in [2.05, 4.69) is 32.6 Å². The monoisotopic (exact) mass is 453 g/mol. The van der Waals surface area contributed by atoms with Gasteiger partial charge in [0.25, 0.3) is 0 Å².